The molecule has 25 heavy (non-hydrogen) atoms. The first-order valence-corrected chi connectivity index (χ1v) is 8.90. The molecule has 138 valence electrons. The molecule has 0 bridgehead atoms. The second-order valence-corrected chi connectivity index (χ2v) is 7.08. The number of hydrogen-bond acceptors (Lipinski definition) is 7. The molecule has 0 radical (unpaired) electrons. The number of carboxylic acid groups (broad SMARTS) is 1. The van der Waals surface area contributed by atoms with Gasteiger partial charge in [0.15, 0.2) is 0 Å². The number of rotatable bonds is 4. The molecule has 2 aliphatic heterocycles. The molecule has 2 N–H and O–H groups in total. The fraction of sp³-hybridized carbons (Fsp3) is 0.667. The van der Waals surface area contributed by atoms with Crippen LogP contribution in [0.4, 0.5) is 5.13 Å². The van der Waals surface area contributed by atoms with Gasteiger partial charge in [0.1, 0.15) is 5.01 Å². The molecule has 9 nitrogen and oxygen atoms in total. The van der Waals surface area contributed by atoms with E-state index in [2.05, 4.69) is 15.5 Å². The third-order valence-corrected chi connectivity index (χ3v) is 5.01. The highest BCUT2D eigenvalue weighted by Gasteiger charge is 2.36. The Morgan fingerprint density at radius 3 is 2.72 bits per heavy atom. The highest BCUT2D eigenvalue weighted by Crippen LogP contribution is 2.27. The number of nitrogens with zero attached hydrogens (tertiary/aromatic N) is 3. The number of aryl methyl sites for hydroxylation is 1. The molecule has 10 heteroatoms. The van der Waals surface area contributed by atoms with E-state index in [4.69, 9.17) is 14.6 Å². The summed E-state index contributed by atoms with van der Waals surface area (Å²) in [5, 5.41) is 19.2. The third kappa shape index (κ3) is 5.46. The van der Waals surface area contributed by atoms with E-state index in [1.54, 1.807) is 4.90 Å². The SMILES string of the molecule is Cc1nnc(N2CC(C(=O)NCC3CCOCC3)CC2=O)s1.O=CO. The summed E-state index contributed by atoms with van der Waals surface area (Å²) in [6.07, 6.45) is 2.22. The van der Waals surface area contributed by atoms with Crippen molar-refractivity contribution in [3.63, 3.8) is 0 Å². The maximum atomic E-state index is 12.3. The summed E-state index contributed by atoms with van der Waals surface area (Å²) in [4.78, 5) is 34.3. The van der Waals surface area contributed by atoms with Crippen molar-refractivity contribution in [2.75, 3.05) is 31.2 Å². The van der Waals surface area contributed by atoms with Gasteiger partial charge in [0.2, 0.25) is 16.9 Å². The second kappa shape index (κ2) is 9.42. The zero-order chi connectivity index (χ0) is 18.2. The fourth-order valence-electron chi connectivity index (χ4n) is 2.80. The van der Waals surface area contributed by atoms with E-state index in [0.29, 0.717) is 24.1 Å². The molecule has 0 aromatic carbocycles. The molecule has 1 unspecified atom stereocenters. The van der Waals surface area contributed by atoms with Crippen LogP contribution in [0.1, 0.15) is 24.3 Å². The monoisotopic (exact) mass is 370 g/mol. The van der Waals surface area contributed by atoms with E-state index >= 15 is 0 Å². The zero-order valence-electron chi connectivity index (χ0n) is 14.0. The number of anilines is 1. The molecule has 2 saturated heterocycles. The standard InChI is InChI=1S/C14H20N4O3S.CH2O2/c1-9-16-17-14(22-9)18-8-11(6-12(18)19)13(20)15-7-10-2-4-21-5-3-10;2-1-3/h10-11H,2-8H2,1H3,(H,15,20);1H,(H,2,3). The lowest BCUT2D eigenvalue weighted by Crippen LogP contribution is -2.37. The Morgan fingerprint density at radius 1 is 1.44 bits per heavy atom. The van der Waals surface area contributed by atoms with Gasteiger partial charge >= 0.3 is 0 Å². The van der Waals surface area contributed by atoms with Crippen molar-refractivity contribution < 1.29 is 24.2 Å². The maximum absolute atomic E-state index is 12.3. The topological polar surface area (TPSA) is 122 Å². The normalized spacial score (nSPS) is 20.8. The molecule has 1 aromatic heterocycles. The molecule has 3 heterocycles. The Bertz CT molecular complexity index is 602. The Labute approximate surface area is 149 Å². The Balaban J connectivity index is 0.000000701. The lowest BCUT2D eigenvalue weighted by molar-refractivity contribution is -0.126. The van der Waals surface area contributed by atoms with Gasteiger partial charge in [-0.15, -0.1) is 10.2 Å². The molecule has 2 fully saturated rings. The molecule has 3 rings (SSSR count). The average Bonchev–Trinajstić information content (AvgIpc) is 3.20. The molecule has 0 spiro atoms. The van der Waals surface area contributed by atoms with Crippen LogP contribution < -0.4 is 10.2 Å². The van der Waals surface area contributed by atoms with Crippen LogP contribution in [0.25, 0.3) is 0 Å². The Kier molecular flexibility index (Phi) is 7.26. The number of amides is 2. The summed E-state index contributed by atoms with van der Waals surface area (Å²) in [5.41, 5.74) is 0. The summed E-state index contributed by atoms with van der Waals surface area (Å²) in [6, 6.07) is 0. The highest BCUT2D eigenvalue weighted by atomic mass is 32.1. The quantitative estimate of drug-likeness (QED) is 0.738. The third-order valence-electron chi connectivity index (χ3n) is 4.15. The molecule has 1 atom stereocenters. The Hall–Kier alpha value is -2.07. The molecule has 0 saturated carbocycles. The van der Waals surface area contributed by atoms with E-state index in [-0.39, 0.29) is 30.6 Å². The summed E-state index contributed by atoms with van der Waals surface area (Å²) >= 11 is 1.38. The van der Waals surface area contributed by atoms with Crippen LogP contribution in [0.15, 0.2) is 0 Å². The Morgan fingerprint density at radius 2 is 2.12 bits per heavy atom. The van der Waals surface area contributed by atoms with Crippen molar-refractivity contribution in [1.29, 1.82) is 0 Å². The number of carbonyl (C=O) groups is 3. The van der Waals surface area contributed by atoms with Gasteiger partial charge in [-0.2, -0.15) is 0 Å². The molecule has 2 amide bonds. The van der Waals surface area contributed by atoms with Crippen molar-refractivity contribution in [1.82, 2.24) is 15.5 Å². The second-order valence-electron chi connectivity index (χ2n) is 5.92. The van der Waals surface area contributed by atoms with Gasteiger partial charge in [0, 0.05) is 32.7 Å². The highest BCUT2D eigenvalue weighted by molar-refractivity contribution is 7.15. The first kappa shape index (κ1) is 19.3. The van der Waals surface area contributed by atoms with Gasteiger partial charge in [-0.25, -0.2) is 0 Å². The summed E-state index contributed by atoms with van der Waals surface area (Å²) in [7, 11) is 0. The minimum Gasteiger partial charge on any atom is -0.483 e. The van der Waals surface area contributed by atoms with Crippen molar-refractivity contribution in [2.24, 2.45) is 11.8 Å². The summed E-state index contributed by atoms with van der Waals surface area (Å²) < 4.78 is 5.31. The van der Waals surface area contributed by atoms with Gasteiger partial charge < -0.3 is 15.2 Å². The van der Waals surface area contributed by atoms with Crippen LogP contribution in [-0.2, 0) is 19.1 Å². The number of nitrogens with one attached hydrogen (secondary N) is 1. The van der Waals surface area contributed by atoms with Crippen LogP contribution in [0.5, 0.6) is 0 Å². The largest absolute Gasteiger partial charge is 0.483 e. The minimum atomic E-state index is -0.295. The molecular weight excluding hydrogens is 348 g/mol. The van der Waals surface area contributed by atoms with Crippen LogP contribution in [0.2, 0.25) is 0 Å². The van der Waals surface area contributed by atoms with E-state index in [0.717, 1.165) is 31.1 Å². The molecular formula is C15H22N4O5S. The van der Waals surface area contributed by atoms with E-state index in [1.165, 1.54) is 11.3 Å². The predicted molar refractivity (Wildman–Crippen MR) is 90.4 cm³/mol. The lowest BCUT2D eigenvalue weighted by Gasteiger charge is -2.22. The summed E-state index contributed by atoms with van der Waals surface area (Å²) in [6.45, 7) is 4.21. The van der Waals surface area contributed by atoms with Gasteiger partial charge in [0.05, 0.1) is 5.92 Å². The molecule has 1 aromatic rings. The number of ether oxygens (including phenoxy) is 1. The number of aromatic nitrogens is 2. The number of hydrogen-bond donors (Lipinski definition) is 2. The summed E-state index contributed by atoms with van der Waals surface area (Å²) in [5.74, 6) is 0.0965. The van der Waals surface area contributed by atoms with Crippen molar-refractivity contribution in [3.05, 3.63) is 5.01 Å². The minimum absolute atomic E-state index is 0.0384. The van der Waals surface area contributed by atoms with Crippen LogP contribution in [-0.4, -0.2) is 59.9 Å². The van der Waals surface area contributed by atoms with Crippen molar-refractivity contribution >= 4 is 34.8 Å². The first-order chi connectivity index (χ1) is 12.0. The van der Waals surface area contributed by atoms with Crippen molar-refractivity contribution in [3.8, 4) is 0 Å². The van der Waals surface area contributed by atoms with Crippen LogP contribution in [0, 0.1) is 18.8 Å². The van der Waals surface area contributed by atoms with E-state index in [1.807, 2.05) is 6.92 Å². The van der Waals surface area contributed by atoms with Crippen molar-refractivity contribution in [2.45, 2.75) is 26.2 Å². The van der Waals surface area contributed by atoms with Crippen LogP contribution in [0.3, 0.4) is 0 Å². The average molecular weight is 370 g/mol. The maximum Gasteiger partial charge on any atom is 0.290 e. The molecule has 2 aliphatic rings. The number of carbonyl (C=O) groups excluding carboxylic acids is 2. The van der Waals surface area contributed by atoms with Gasteiger partial charge in [-0.1, -0.05) is 11.3 Å². The van der Waals surface area contributed by atoms with Gasteiger partial charge in [0.25, 0.3) is 6.47 Å². The van der Waals surface area contributed by atoms with Crippen LogP contribution >= 0.6 is 11.3 Å². The molecule has 0 aliphatic carbocycles. The first-order valence-electron chi connectivity index (χ1n) is 8.09. The zero-order valence-corrected chi connectivity index (χ0v) is 14.8. The fourth-order valence-corrected chi connectivity index (χ4v) is 3.52. The van der Waals surface area contributed by atoms with Gasteiger partial charge in [-0.05, 0) is 25.7 Å². The lowest BCUT2D eigenvalue weighted by atomic mass is 10.00. The predicted octanol–water partition coefficient (Wildman–Crippen LogP) is 0.443. The van der Waals surface area contributed by atoms with Gasteiger partial charge in [-0.3, -0.25) is 19.3 Å². The smallest absolute Gasteiger partial charge is 0.290 e. The van der Waals surface area contributed by atoms with E-state index < -0.39 is 0 Å². The van der Waals surface area contributed by atoms with E-state index in [9.17, 15) is 9.59 Å².